The summed E-state index contributed by atoms with van der Waals surface area (Å²) < 4.78 is 5.22. The Morgan fingerprint density at radius 3 is 2.57 bits per heavy atom. The van der Waals surface area contributed by atoms with E-state index >= 15 is 0 Å². The van der Waals surface area contributed by atoms with E-state index < -0.39 is 0 Å². The van der Waals surface area contributed by atoms with Crippen molar-refractivity contribution in [3.05, 3.63) is 0 Å². The molecule has 0 spiro atoms. The zero-order chi connectivity index (χ0) is 10.8. The van der Waals surface area contributed by atoms with Crippen LogP contribution in [0.3, 0.4) is 0 Å². The first-order valence-electron chi connectivity index (χ1n) is 5.51. The number of ether oxygens (including phenoxy) is 1. The quantitative estimate of drug-likeness (QED) is 0.697. The minimum absolute atomic E-state index is 0.180. The van der Waals surface area contributed by atoms with E-state index in [1.807, 2.05) is 0 Å². The van der Waals surface area contributed by atoms with Gasteiger partial charge in [-0.15, -0.1) is 0 Å². The van der Waals surface area contributed by atoms with Crippen LogP contribution in [-0.4, -0.2) is 19.0 Å². The Hall–Kier alpha value is -0.370. The summed E-state index contributed by atoms with van der Waals surface area (Å²) in [6.07, 6.45) is 1.63. The fraction of sp³-hybridized carbons (Fsp3) is 0.917. The molecule has 1 aliphatic heterocycles. The smallest absolute Gasteiger partial charge is 0.138 e. The van der Waals surface area contributed by atoms with Crippen LogP contribution in [0.25, 0.3) is 0 Å². The van der Waals surface area contributed by atoms with E-state index in [1.165, 1.54) is 0 Å². The molecule has 0 N–H and O–H groups in total. The van der Waals surface area contributed by atoms with Crippen LogP contribution in [0.4, 0.5) is 0 Å². The molecule has 1 heterocycles. The molecule has 0 saturated carbocycles. The number of hydrogen-bond acceptors (Lipinski definition) is 2. The van der Waals surface area contributed by atoms with Gasteiger partial charge in [0.05, 0.1) is 6.61 Å². The summed E-state index contributed by atoms with van der Waals surface area (Å²) in [4.78, 5) is 11.8. The Kier molecular flexibility index (Phi) is 3.71. The molecule has 1 fully saturated rings. The molecular formula is C12H22O2. The van der Waals surface area contributed by atoms with Crippen LogP contribution in [0.15, 0.2) is 0 Å². The summed E-state index contributed by atoms with van der Waals surface area (Å²) in [5.41, 5.74) is 0.231. The van der Waals surface area contributed by atoms with Gasteiger partial charge >= 0.3 is 0 Å². The Morgan fingerprint density at radius 2 is 2.14 bits per heavy atom. The molecule has 2 heteroatoms. The molecule has 0 aromatic carbocycles. The molecule has 0 radical (unpaired) electrons. The molecule has 2 unspecified atom stereocenters. The second-order valence-corrected chi connectivity index (χ2v) is 5.50. The minimum Gasteiger partial charge on any atom is -0.381 e. The summed E-state index contributed by atoms with van der Waals surface area (Å²) in [6.45, 7) is 10.1. The number of Topliss-reactive ketones (excluding diaryl/α,β-unsaturated/α-hetero) is 1. The maximum atomic E-state index is 11.8. The molecule has 2 atom stereocenters. The first-order chi connectivity index (χ1) is 6.41. The standard InChI is InChI=1S/C12H22O2/c1-9(12(2,3)4)7-11(13)10-5-6-14-8-10/h9-10H,5-8H2,1-4H3. The average molecular weight is 198 g/mol. The molecule has 0 aromatic rings. The lowest BCUT2D eigenvalue weighted by Crippen LogP contribution is -2.24. The average Bonchev–Trinajstić information content (AvgIpc) is 2.53. The number of rotatable bonds is 3. The monoisotopic (exact) mass is 198 g/mol. The first kappa shape index (κ1) is 11.7. The number of carbonyl (C=O) groups is 1. The van der Waals surface area contributed by atoms with Crippen molar-refractivity contribution in [1.29, 1.82) is 0 Å². The second-order valence-electron chi connectivity index (χ2n) is 5.50. The summed E-state index contributed by atoms with van der Waals surface area (Å²) in [6, 6.07) is 0. The number of hydrogen-bond donors (Lipinski definition) is 0. The zero-order valence-electron chi connectivity index (χ0n) is 9.80. The highest BCUT2D eigenvalue weighted by Gasteiger charge is 2.28. The molecule has 2 nitrogen and oxygen atoms in total. The Bertz CT molecular complexity index is 197. The molecule has 0 aromatic heterocycles. The predicted molar refractivity (Wildman–Crippen MR) is 57.2 cm³/mol. The Morgan fingerprint density at radius 1 is 1.50 bits per heavy atom. The van der Waals surface area contributed by atoms with Crippen molar-refractivity contribution in [2.24, 2.45) is 17.3 Å². The highest BCUT2D eigenvalue weighted by Crippen LogP contribution is 2.30. The van der Waals surface area contributed by atoms with Crippen LogP contribution in [0, 0.1) is 17.3 Å². The maximum absolute atomic E-state index is 11.8. The highest BCUT2D eigenvalue weighted by molar-refractivity contribution is 5.81. The predicted octanol–water partition coefficient (Wildman–Crippen LogP) is 2.66. The van der Waals surface area contributed by atoms with Crippen molar-refractivity contribution in [3.8, 4) is 0 Å². The summed E-state index contributed by atoms with van der Waals surface area (Å²) in [5.74, 6) is 1.03. The van der Waals surface area contributed by atoms with Gasteiger partial charge in [0, 0.05) is 18.9 Å². The van der Waals surface area contributed by atoms with Crippen molar-refractivity contribution in [3.63, 3.8) is 0 Å². The van der Waals surface area contributed by atoms with Crippen molar-refractivity contribution in [2.75, 3.05) is 13.2 Å². The van der Waals surface area contributed by atoms with Gasteiger partial charge in [0.2, 0.25) is 0 Å². The van der Waals surface area contributed by atoms with Gasteiger partial charge < -0.3 is 4.74 Å². The number of ketones is 1. The topological polar surface area (TPSA) is 26.3 Å². The van der Waals surface area contributed by atoms with E-state index in [9.17, 15) is 4.79 Å². The normalized spacial score (nSPS) is 25.0. The van der Waals surface area contributed by atoms with Crippen molar-refractivity contribution < 1.29 is 9.53 Å². The molecule has 0 aliphatic carbocycles. The Labute approximate surface area is 87.0 Å². The molecule has 1 aliphatic rings. The van der Waals surface area contributed by atoms with Crippen LogP contribution in [0.1, 0.15) is 40.5 Å². The summed E-state index contributed by atoms with van der Waals surface area (Å²) in [5, 5.41) is 0. The third-order valence-electron chi connectivity index (χ3n) is 3.37. The second kappa shape index (κ2) is 4.43. The number of carbonyl (C=O) groups excluding carboxylic acids is 1. The van der Waals surface area contributed by atoms with Crippen LogP contribution in [-0.2, 0) is 9.53 Å². The lowest BCUT2D eigenvalue weighted by atomic mass is 9.78. The molecule has 1 rings (SSSR count). The van der Waals surface area contributed by atoms with Gasteiger partial charge in [-0.3, -0.25) is 4.79 Å². The van der Waals surface area contributed by atoms with Crippen molar-refractivity contribution in [2.45, 2.75) is 40.5 Å². The Balaban J connectivity index is 2.40. The molecule has 82 valence electrons. The van der Waals surface area contributed by atoms with Gasteiger partial charge in [-0.05, 0) is 17.8 Å². The lowest BCUT2D eigenvalue weighted by Gasteiger charge is -2.27. The SMILES string of the molecule is CC(CC(=O)C1CCOC1)C(C)(C)C. The first-order valence-corrected chi connectivity index (χ1v) is 5.51. The summed E-state index contributed by atoms with van der Waals surface area (Å²) >= 11 is 0. The van der Waals surface area contributed by atoms with Crippen LogP contribution in [0.2, 0.25) is 0 Å². The molecular weight excluding hydrogens is 176 g/mol. The third kappa shape index (κ3) is 3.09. The van der Waals surface area contributed by atoms with Gasteiger partial charge in [0.1, 0.15) is 5.78 Å². The molecule has 1 saturated heterocycles. The minimum atomic E-state index is 0.180. The van der Waals surface area contributed by atoms with Gasteiger partial charge in [-0.2, -0.15) is 0 Å². The van der Waals surface area contributed by atoms with E-state index in [-0.39, 0.29) is 11.3 Å². The fourth-order valence-electron chi connectivity index (χ4n) is 1.56. The zero-order valence-corrected chi connectivity index (χ0v) is 9.80. The van der Waals surface area contributed by atoms with Gasteiger partial charge in [0.15, 0.2) is 0 Å². The van der Waals surface area contributed by atoms with Crippen molar-refractivity contribution >= 4 is 5.78 Å². The molecule has 0 amide bonds. The van der Waals surface area contributed by atoms with Crippen molar-refractivity contribution in [1.82, 2.24) is 0 Å². The maximum Gasteiger partial charge on any atom is 0.138 e. The van der Waals surface area contributed by atoms with Crippen LogP contribution < -0.4 is 0 Å². The van der Waals surface area contributed by atoms with E-state index in [4.69, 9.17) is 4.74 Å². The van der Waals surface area contributed by atoms with E-state index in [0.29, 0.717) is 24.7 Å². The van der Waals surface area contributed by atoms with Gasteiger partial charge in [0.25, 0.3) is 0 Å². The van der Waals surface area contributed by atoms with Gasteiger partial charge in [-0.25, -0.2) is 0 Å². The van der Waals surface area contributed by atoms with E-state index in [2.05, 4.69) is 27.7 Å². The molecule has 14 heavy (non-hydrogen) atoms. The van der Waals surface area contributed by atoms with E-state index in [1.54, 1.807) is 0 Å². The van der Waals surface area contributed by atoms with E-state index in [0.717, 1.165) is 13.0 Å². The third-order valence-corrected chi connectivity index (χ3v) is 3.37. The van der Waals surface area contributed by atoms with Crippen LogP contribution in [0.5, 0.6) is 0 Å². The fourth-order valence-corrected chi connectivity index (χ4v) is 1.56. The van der Waals surface area contributed by atoms with Gasteiger partial charge in [-0.1, -0.05) is 27.7 Å². The summed E-state index contributed by atoms with van der Waals surface area (Å²) in [7, 11) is 0. The highest BCUT2D eigenvalue weighted by atomic mass is 16.5. The lowest BCUT2D eigenvalue weighted by molar-refractivity contribution is -0.124. The largest absolute Gasteiger partial charge is 0.381 e. The van der Waals surface area contributed by atoms with Crippen LogP contribution >= 0.6 is 0 Å². The molecule has 0 bridgehead atoms.